The van der Waals surface area contributed by atoms with Gasteiger partial charge in [0.05, 0.1) is 7.11 Å². The van der Waals surface area contributed by atoms with Gasteiger partial charge in [0.15, 0.2) is 0 Å². The zero-order valence-electron chi connectivity index (χ0n) is 17.9. The predicted molar refractivity (Wildman–Crippen MR) is 119 cm³/mol. The van der Waals surface area contributed by atoms with E-state index in [1.54, 1.807) is 19.1 Å². The van der Waals surface area contributed by atoms with Gasteiger partial charge in [-0.25, -0.2) is 9.59 Å². The highest BCUT2D eigenvalue weighted by molar-refractivity contribution is 5.81. The van der Waals surface area contributed by atoms with Crippen molar-refractivity contribution in [3.05, 3.63) is 83.2 Å². The quantitative estimate of drug-likeness (QED) is 0.587. The summed E-state index contributed by atoms with van der Waals surface area (Å²) in [6.45, 7) is 1.91. The van der Waals surface area contributed by atoms with Crippen molar-refractivity contribution in [1.82, 2.24) is 10.3 Å². The van der Waals surface area contributed by atoms with Crippen molar-refractivity contribution in [3.63, 3.8) is 0 Å². The lowest BCUT2D eigenvalue weighted by atomic mass is 9.98. The lowest BCUT2D eigenvalue weighted by Gasteiger charge is -2.17. The van der Waals surface area contributed by atoms with E-state index >= 15 is 0 Å². The van der Waals surface area contributed by atoms with E-state index in [1.807, 2.05) is 36.4 Å². The molecule has 0 radical (unpaired) electrons. The molecule has 32 heavy (non-hydrogen) atoms. The average Bonchev–Trinajstić information content (AvgIpc) is 3.10. The van der Waals surface area contributed by atoms with Crippen molar-refractivity contribution < 1.29 is 24.2 Å². The van der Waals surface area contributed by atoms with E-state index in [-0.39, 0.29) is 18.9 Å². The van der Waals surface area contributed by atoms with E-state index in [0.717, 1.165) is 22.3 Å². The average molecular weight is 432 g/mol. The van der Waals surface area contributed by atoms with Gasteiger partial charge < -0.3 is 19.9 Å². The second kappa shape index (κ2) is 9.09. The maximum atomic E-state index is 12.5. The molecule has 164 valence electrons. The third-order valence-electron chi connectivity index (χ3n) is 5.56. The van der Waals surface area contributed by atoms with Crippen LogP contribution in [0, 0.1) is 6.92 Å². The molecule has 0 spiro atoms. The topological polar surface area (TPSA) is 97.8 Å². The smallest absolute Gasteiger partial charge is 0.407 e. The number of carboxylic acid groups (broad SMARTS) is 1. The third kappa shape index (κ3) is 4.42. The van der Waals surface area contributed by atoms with Crippen molar-refractivity contribution in [2.24, 2.45) is 0 Å². The van der Waals surface area contributed by atoms with E-state index in [9.17, 15) is 14.7 Å². The Bertz CT molecular complexity index is 1120. The van der Waals surface area contributed by atoms with Crippen molar-refractivity contribution in [2.45, 2.75) is 25.3 Å². The van der Waals surface area contributed by atoms with Crippen LogP contribution in [-0.2, 0) is 16.0 Å². The monoisotopic (exact) mass is 432 g/mol. The second-order valence-corrected chi connectivity index (χ2v) is 7.70. The highest BCUT2D eigenvalue weighted by Gasteiger charge is 2.30. The summed E-state index contributed by atoms with van der Waals surface area (Å²) in [4.78, 5) is 28.5. The number of aliphatic carboxylic acids is 1. The molecule has 1 aliphatic carbocycles. The molecular formula is C25H24N2O5. The van der Waals surface area contributed by atoms with Gasteiger partial charge in [-0.3, -0.25) is 4.98 Å². The molecule has 1 amide bonds. The number of benzene rings is 2. The molecule has 3 aromatic rings. The fourth-order valence-electron chi connectivity index (χ4n) is 4.12. The van der Waals surface area contributed by atoms with Crippen LogP contribution in [0.25, 0.3) is 11.1 Å². The van der Waals surface area contributed by atoms with Crippen LogP contribution in [0.5, 0.6) is 5.75 Å². The first-order chi connectivity index (χ1) is 15.5. The molecule has 7 heteroatoms. The number of methoxy groups -OCH3 is 1. The Kier molecular flexibility index (Phi) is 6.07. The number of nitrogens with one attached hydrogen (secondary N) is 1. The zero-order chi connectivity index (χ0) is 22.7. The largest absolute Gasteiger partial charge is 0.497 e. The number of pyridine rings is 1. The number of aromatic nitrogens is 1. The van der Waals surface area contributed by atoms with Crippen LogP contribution in [-0.4, -0.2) is 41.9 Å². The number of ether oxygens (including phenoxy) is 2. The Hall–Kier alpha value is -3.87. The number of fused-ring (bicyclic) bond motifs is 3. The van der Waals surface area contributed by atoms with Gasteiger partial charge in [0.1, 0.15) is 18.4 Å². The molecule has 0 bridgehead atoms. The van der Waals surface area contributed by atoms with Gasteiger partial charge in [0.25, 0.3) is 0 Å². The molecule has 0 saturated carbocycles. The number of alkyl carbamates (subject to hydrolysis) is 1. The molecule has 0 aliphatic heterocycles. The summed E-state index contributed by atoms with van der Waals surface area (Å²) < 4.78 is 10.7. The van der Waals surface area contributed by atoms with Crippen molar-refractivity contribution >= 4 is 12.1 Å². The number of carbonyl (C=O) groups is 2. The fraction of sp³-hybridized carbons (Fsp3) is 0.240. The molecule has 0 fully saturated rings. The van der Waals surface area contributed by atoms with Gasteiger partial charge in [-0.2, -0.15) is 0 Å². The number of amides is 1. The lowest BCUT2D eigenvalue weighted by molar-refractivity contribution is -0.139. The summed E-state index contributed by atoms with van der Waals surface area (Å²) in [6, 6.07) is 18.3. The summed E-state index contributed by atoms with van der Waals surface area (Å²) in [7, 11) is 1.53. The minimum atomic E-state index is -1.18. The molecule has 7 nitrogen and oxygen atoms in total. The van der Waals surface area contributed by atoms with Crippen molar-refractivity contribution in [2.75, 3.05) is 13.7 Å². The summed E-state index contributed by atoms with van der Waals surface area (Å²) >= 11 is 0. The summed E-state index contributed by atoms with van der Waals surface area (Å²) in [5.74, 6) is -0.683. The molecule has 2 N–H and O–H groups in total. The SMILES string of the molecule is COc1cc(C)nc(CC(NC(=O)OCC2c3ccccc3-c3ccccc32)C(=O)O)c1. The van der Waals surface area contributed by atoms with Crippen LogP contribution in [0.2, 0.25) is 0 Å². The van der Waals surface area contributed by atoms with Crippen LogP contribution in [0.4, 0.5) is 4.79 Å². The van der Waals surface area contributed by atoms with E-state index in [1.165, 1.54) is 7.11 Å². The normalized spacial score (nSPS) is 13.1. The Balaban J connectivity index is 1.44. The predicted octanol–water partition coefficient (Wildman–Crippen LogP) is 3.93. The Morgan fingerprint density at radius 1 is 1.06 bits per heavy atom. The molecule has 1 aromatic heterocycles. The fourth-order valence-corrected chi connectivity index (χ4v) is 4.12. The summed E-state index contributed by atoms with van der Waals surface area (Å²) in [5, 5.41) is 12.0. The Morgan fingerprint density at radius 2 is 1.69 bits per heavy atom. The van der Waals surface area contributed by atoms with Crippen LogP contribution in [0.15, 0.2) is 60.7 Å². The minimum Gasteiger partial charge on any atom is -0.497 e. The number of hydrogen-bond acceptors (Lipinski definition) is 5. The van der Waals surface area contributed by atoms with Gasteiger partial charge in [0, 0.05) is 35.9 Å². The van der Waals surface area contributed by atoms with Crippen molar-refractivity contribution in [3.8, 4) is 16.9 Å². The molecule has 1 aliphatic rings. The zero-order valence-corrected chi connectivity index (χ0v) is 17.9. The first-order valence-corrected chi connectivity index (χ1v) is 10.3. The second-order valence-electron chi connectivity index (χ2n) is 7.70. The molecule has 0 saturated heterocycles. The molecular weight excluding hydrogens is 408 g/mol. The third-order valence-corrected chi connectivity index (χ3v) is 5.56. The van der Waals surface area contributed by atoms with Crippen molar-refractivity contribution in [1.29, 1.82) is 0 Å². The number of carbonyl (C=O) groups excluding carboxylic acids is 1. The Labute approximate surface area is 186 Å². The van der Waals surface area contributed by atoms with E-state index in [2.05, 4.69) is 22.4 Å². The van der Waals surface area contributed by atoms with Crippen LogP contribution < -0.4 is 10.1 Å². The molecule has 1 atom stereocenters. The molecule has 1 unspecified atom stereocenters. The lowest BCUT2D eigenvalue weighted by Crippen LogP contribution is -2.43. The van der Waals surface area contributed by atoms with Gasteiger partial charge in [-0.05, 0) is 29.2 Å². The number of carboxylic acids is 1. The van der Waals surface area contributed by atoms with E-state index in [0.29, 0.717) is 17.1 Å². The maximum absolute atomic E-state index is 12.5. The first kappa shape index (κ1) is 21.4. The number of nitrogens with zero attached hydrogens (tertiary/aromatic N) is 1. The highest BCUT2D eigenvalue weighted by Crippen LogP contribution is 2.44. The maximum Gasteiger partial charge on any atom is 0.407 e. The summed E-state index contributed by atoms with van der Waals surface area (Å²) in [6.07, 6.45) is -0.767. The van der Waals surface area contributed by atoms with E-state index in [4.69, 9.17) is 9.47 Å². The molecule has 2 aromatic carbocycles. The van der Waals surface area contributed by atoms with Gasteiger partial charge >= 0.3 is 12.1 Å². The first-order valence-electron chi connectivity index (χ1n) is 10.3. The summed E-state index contributed by atoms with van der Waals surface area (Å²) in [5.41, 5.74) is 5.64. The minimum absolute atomic E-state index is 0.0115. The van der Waals surface area contributed by atoms with E-state index < -0.39 is 18.1 Å². The van der Waals surface area contributed by atoms with Crippen LogP contribution in [0.1, 0.15) is 28.4 Å². The van der Waals surface area contributed by atoms with Gasteiger partial charge in [0.2, 0.25) is 0 Å². The van der Waals surface area contributed by atoms with Gasteiger partial charge in [-0.1, -0.05) is 48.5 Å². The standard InChI is InChI=1S/C25H24N2O5/c1-15-11-17(31-2)12-16(26-15)13-23(24(28)29)27-25(30)32-14-22-20-9-5-3-7-18(20)19-8-4-6-10-21(19)22/h3-12,22-23H,13-14H2,1-2H3,(H,27,30)(H,28,29). The number of aryl methyl sites for hydroxylation is 1. The number of rotatable bonds is 7. The Morgan fingerprint density at radius 3 is 2.28 bits per heavy atom. The highest BCUT2D eigenvalue weighted by atomic mass is 16.5. The van der Waals surface area contributed by atoms with Gasteiger partial charge in [-0.15, -0.1) is 0 Å². The van der Waals surface area contributed by atoms with Crippen LogP contribution in [0.3, 0.4) is 0 Å². The number of hydrogen-bond donors (Lipinski definition) is 2. The molecule has 4 rings (SSSR count). The van der Waals surface area contributed by atoms with Crippen LogP contribution >= 0.6 is 0 Å². The molecule has 1 heterocycles.